The molecule has 0 amide bonds. The third-order valence-electron chi connectivity index (χ3n) is 1.38. The molecule has 0 bridgehead atoms. The molecule has 0 spiro atoms. The molecule has 1 heterocycles. The van der Waals surface area contributed by atoms with Crippen LogP contribution in [0.15, 0.2) is 17.3 Å². The van der Waals surface area contributed by atoms with Crippen LogP contribution in [0.1, 0.15) is 12.0 Å². The van der Waals surface area contributed by atoms with Crippen molar-refractivity contribution in [2.45, 2.75) is 11.5 Å². The Balaban J connectivity index is 3.27. The Labute approximate surface area is 77.6 Å². The van der Waals surface area contributed by atoms with Gasteiger partial charge in [0.15, 0.2) is 5.03 Å². The van der Waals surface area contributed by atoms with E-state index in [9.17, 15) is 21.6 Å². The van der Waals surface area contributed by atoms with Gasteiger partial charge < -0.3 is 0 Å². The maximum Gasteiger partial charge on any atom is 0.268 e. The summed E-state index contributed by atoms with van der Waals surface area (Å²) in [6.45, 7) is 0. The van der Waals surface area contributed by atoms with E-state index >= 15 is 0 Å². The third kappa shape index (κ3) is 2.20. The van der Waals surface area contributed by atoms with Crippen molar-refractivity contribution in [1.29, 1.82) is 0 Å². The topological polar surface area (TPSA) is 73.1 Å². The zero-order valence-electron chi connectivity index (χ0n) is 6.62. The molecule has 14 heavy (non-hydrogen) atoms. The van der Waals surface area contributed by atoms with Gasteiger partial charge in [-0.1, -0.05) is 0 Å². The Morgan fingerprint density at radius 3 is 2.36 bits per heavy atom. The van der Waals surface area contributed by atoms with Gasteiger partial charge in [0.05, 0.1) is 5.56 Å². The van der Waals surface area contributed by atoms with Crippen LogP contribution in [0.5, 0.6) is 0 Å². The van der Waals surface area contributed by atoms with Crippen LogP contribution in [0, 0.1) is 5.82 Å². The number of pyridine rings is 1. The highest BCUT2D eigenvalue weighted by Crippen LogP contribution is 2.21. The highest BCUT2D eigenvalue weighted by Gasteiger charge is 2.18. The van der Waals surface area contributed by atoms with Crippen molar-refractivity contribution in [3.63, 3.8) is 0 Å². The van der Waals surface area contributed by atoms with Gasteiger partial charge >= 0.3 is 0 Å². The summed E-state index contributed by atoms with van der Waals surface area (Å²) >= 11 is 0. The molecular weight excluding hydrogens is 221 g/mol. The van der Waals surface area contributed by atoms with E-state index in [0.29, 0.717) is 12.3 Å². The van der Waals surface area contributed by atoms with E-state index in [4.69, 9.17) is 0 Å². The van der Waals surface area contributed by atoms with E-state index in [1.54, 1.807) is 0 Å². The fourth-order valence-electron chi connectivity index (χ4n) is 0.740. The molecule has 0 atom stereocenters. The minimum atomic E-state index is -4.16. The summed E-state index contributed by atoms with van der Waals surface area (Å²) in [5.41, 5.74) is -0.961. The number of rotatable bonds is 2. The summed E-state index contributed by atoms with van der Waals surface area (Å²) in [5.74, 6) is -1.35. The molecule has 0 aromatic carbocycles. The molecule has 0 saturated heterocycles. The van der Waals surface area contributed by atoms with Gasteiger partial charge in [0.1, 0.15) is 5.82 Å². The summed E-state index contributed by atoms with van der Waals surface area (Å²) in [7, 11) is -4.16. The minimum absolute atomic E-state index is 0.358. The number of hydrogen-bond donors (Lipinski definition) is 1. The van der Waals surface area contributed by atoms with Gasteiger partial charge in [0.25, 0.3) is 16.4 Å². The molecule has 0 saturated carbocycles. The molecule has 1 aromatic rings. The molecule has 2 N–H and O–H groups in total. The number of primary sulfonamides is 1. The molecule has 4 nitrogen and oxygen atoms in total. The van der Waals surface area contributed by atoms with Crippen LogP contribution in [0.25, 0.3) is 0 Å². The Hall–Kier alpha value is -1.15. The first-order valence-corrected chi connectivity index (χ1v) is 4.83. The molecule has 0 radical (unpaired) electrons. The van der Waals surface area contributed by atoms with Crippen molar-refractivity contribution < 1.29 is 21.6 Å². The zero-order chi connectivity index (χ0) is 10.9. The summed E-state index contributed by atoms with van der Waals surface area (Å²) in [6.07, 6.45) is -2.60. The molecule has 1 rings (SSSR count). The summed E-state index contributed by atoms with van der Waals surface area (Å²) < 4.78 is 58.0. The van der Waals surface area contributed by atoms with Gasteiger partial charge in [-0.05, 0) is 0 Å². The molecule has 0 unspecified atom stereocenters. The van der Waals surface area contributed by atoms with Crippen LogP contribution in [0.4, 0.5) is 13.2 Å². The zero-order valence-corrected chi connectivity index (χ0v) is 7.43. The Kier molecular flexibility index (Phi) is 2.76. The SMILES string of the molecule is NS(=O)(=O)c1cc(F)c(C(F)F)cn1. The Morgan fingerprint density at radius 1 is 1.43 bits per heavy atom. The number of nitrogens with two attached hydrogens (primary N) is 1. The second-order valence-electron chi connectivity index (χ2n) is 2.39. The lowest BCUT2D eigenvalue weighted by atomic mass is 10.3. The van der Waals surface area contributed by atoms with Crippen LogP contribution in [-0.2, 0) is 10.0 Å². The molecule has 0 aliphatic heterocycles. The minimum Gasteiger partial charge on any atom is -0.243 e. The summed E-state index contributed by atoms with van der Waals surface area (Å²) in [5, 5.41) is 3.83. The molecule has 0 aliphatic carbocycles. The van der Waals surface area contributed by atoms with Crippen LogP contribution < -0.4 is 5.14 Å². The van der Waals surface area contributed by atoms with E-state index in [-0.39, 0.29) is 0 Å². The molecule has 0 fully saturated rings. The summed E-state index contributed by atoms with van der Waals surface area (Å²) in [4.78, 5) is 3.10. The van der Waals surface area contributed by atoms with Crippen LogP contribution in [0.2, 0.25) is 0 Å². The second kappa shape index (κ2) is 3.54. The number of hydrogen-bond acceptors (Lipinski definition) is 3. The van der Waals surface area contributed by atoms with E-state index in [2.05, 4.69) is 10.1 Å². The van der Waals surface area contributed by atoms with Gasteiger partial charge in [-0.2, -0.15) is 0 Å². The van der Waals surface area contributed by atoms with E-state index in [0.717, 1.165) is 0 Å². The second-order valence-corrected chi connectivity index (χ2v) is 3.90. The van der Waals surface area contributed by atoms with Gasteiger partial charge in [-0.25, -0.2) is 31.7 Å². The van der Waals surface area contributed by atoms with Gasteiger partial charge in [-0.15, -0.1) is 0 Å². The first kappa shape index (κ1) is 10.9. The fraction of sp³-hybridized carbons (Fsp3) is 0.167. The normalized spacial score (nSPS) is 12.1. The molecule has 1 aromatic heterocycles. The van der Waals surface area contributed by atoms with Crippen molar-refractivity contribution in [2.24, 2.45) is 5.14 Å². The number of aromatic nitrogens is 1. The largest absolute Gasteiger partial charge is 0.268 e. The van der Waals surface area contributed by atoms with E-state index in [1.807, 2.05) is 0 Å². The Morgan fingerprint density at radius 2 is 2.00 bits per heavy atom. The predicted octanol–water partition coefficient (Wildman–Crippen LogP) is 0.806. The smallest absolute Gasteiger partial charge is 0.243 e. The summed E-state index contributed by atoms with van der Waals surface area (Å²) in [6, 6.07) is 0.358. The number of alkyl halides is 2. The standard InChI is InChI=1S/C6H5F3N2O2S/c7-4-1-5(14(10,12)13)11-2-3(4)6(8)9/h1-2,6H,(H2,10,12,13). The van der Waals surface area contributed by atoms with Crippen molar-refractivity contribution in [2.75, 3.05) is 0 Å². The van der Waals surface area contributed by atoms with Gasteiger partial charge in [-0.3, -0.25) is 0 Å². The van der Waals surface area contributed by atoms with Crippen LogP contribution >= 0.6 is 0 Å². The van der Waals surface area contributed by atoms with Crippen LogP contribution in [0.3, 0.4) is 0 Å². The van der Waals surface area contributed by atoms with Crippen LogP contribution in [-0.4, -0.2) is 13.4 Å². The van der Waals surface area contributed by atoms with Gasteiger partial charge in [0.2, 0.25) is 0 Å². The van der Waals surface area contributed by atoms with Crippen molar-refractivity contribution >= 4 is 10.0 Å². The lowest BCUT2D eigenvalue weighted by molar-refractivity contribution is 0.145. The van der Waals surface area contributed by atoms with Crippen molar-refractivity contribution in [3.8, 4) is 0 Å². The quantitative estimate of drug-likeness (QED) is 0.810. The maximum absolute atomic E-state index is 12.8. The molecule has 8 heteroatoms. The molecule has 78 valence electrons. The Bertz CT molecular complexity index is 446. The van der Waals surface area contributed by atoms with Crippen molar-refractivity contribution in [1.82, 2.24) is 4.98 Å². The highest BCUT2D eigenvalue weighted by atomic mass is 32.2. The van der Waals surface area contributed by atoms with Gasteiger partial charge in [0, 0.05) is 12.3 Å². The first-order valence-electron chi connectivity index (χ1n) is 3.29. The van der Waals surface area contributed by atoms with Crippen molar-refractivity contribution in [3.05, 3.63) is 23.6 Å². The molecular formula is C6H5F3N2O2S. The average Bonchev–Trinajstić information content (AvgIpc) is 2.01. The monoisotopic (exact) mass is 226 g/mol. The predicted molar refractivity (Wildman–Crippen MR) is 40.5 cm³/mol. The number of sulfonamides is 1. The fourth-order valence-corrected chi connectivity index (χ4v) is 1.21. The third-order valence-corrected chi connectivity index (χ3v) is 2.19. The van der Waals surface area contributed by atoms with E-state index in [1.165, 1.54) is 0 Å². The maximum atomic E-state index is 12.8. The lowest BCUT2D eigenvalue weighted by Gasteiger charge is -2.02. The number of halogens is 3. The first-order chi connectivity index (χ1) is 6.32. The highest BCUT2D eigenvalue weighted by molar-refractivity contribution is 7.89. The average molecular weight is 226 g/mol. The lowest BCUT2D eigenvalue weighted by Crippen LogP contribution is -2.14. The molecule has 0 aliphatic rings. The van der Waals surface area contributed by atoms with E-state index < -0.39 is 32.9 Å². The number of nitrogens with zero attached hydrogens (tertiary/aromatic N) is 1.